The van der Waals surface area contributed by atoms with Crippen molar-refractivity contribution in [1.29, 1.82) is 0 Å². The number of rotatable bonds is 5. The standard InChI is InChI=1S/C14H21F3N2O4S/c15-14(16,17)13(21)19-7-2-4-11(19)12(20)18-6-1-3-10-5-8-24(22,23)9-10/h10-11H,1-9H2,(H,18,20). The smallest absolute Gasteiger partial charge is 0.354 e. The summed E-state index contributed by atoms with van der Waals surface area (Å²) in [5.41, 5.74) is 0. The zero-order valence-corrected chi connectivity index (χ0v) is 14.0. The first-order valence-corrected chi connectivity index (χ1v) is 9.78. The van der Waals surface area contributed by atoms with Gasteiger partial charge in [0.05, 0.1) is 11.5 Å². The summed E-state index contributed by atoms with van der Waals surface area (Å²) in [5.74, 6) is -2.11. The summed E-state index contributed by atoms with van der Waals surface area (Å²) >= 11 is 0. The van der Waals surface area contributed by atoms with Crippen molar-refractivity contribution in [3.05, 3.63) is 0 Å². The van der Waals surface area contributed by atoms with Crippen LogP contribution in [0, 0.1) is 5.92 Å². The molecule has 0 spiro atoms. The number of alkyl halides is 3. The number of nitrogens with zero attached hydrogens (tertiary/aromatic N) is 1. The number of nitrogens with one attached hydrogen (secondary N) is 1. The van der Waals surface area contributed by atoms with Crippen molar-refractivity contribution in [2.75, 3.05) is 24.6 Å². The van der Waals surface area contributed by atoms with Gasteiger partial charge in [-0.1, -0.05) is 0 Å². The van der Waals surface area contributed by atoms with Crippen molar-refractivity contribution in [3.8, 4) is 0 Å². The number of halogens is 3. The van der Waals surface area contributed by atoms with Gasteiger partial charge in [-0.3, -0.25) is 9.59 Å². The first-order chi connectivity index (χ1) is 11.1. The lowest BCUT2D eigenvalue weighted by atomic mass is 10.0. The summed E-state index contributed by atoms with van der Waals surface area (Å²) in [5, 5.41) is 2.56. The fraction of sp³-hybridized carbons (Fsp3) is 0.857. The molecule has 0 aromatic carbocycles. The molecule has 0 aliphatic carbocycles. The van der Waals surface area contributed by atoms with Crippen LogP contribution >= 0.6 is 0 Å². The van der Waals surface area contributed by atoms with E-state index >= 15 is 0 Å². The highest BCUT2D eigenvalue weighted by atomic mass is 32.2. The third-order valence-corrected chi connectivity index (χ3v) is 6.31. The van der Waals surface area contributed by atoms with Gasteiger partial charge in [0.1, 0.15) is 6.04 Å². The molecule has 0 radical (unpaired) electrons. The lowest BCUT2D eigenvalue weighted by Crippen LogP contribution is -2.50. The summed E-state index contributed by atoms with van der Waals surface area (Å²) in [6, 6.07) is -1.08. The number of carbonyl (C=O) groups is 2. The van der Waals surface area contributed by atoms with Crippen molar-refractivity contribution in [1.82, 2.24) is 10.2 Å². The van der Waals surface area contributed by atoms with Gasteiger partial charge in [-0.05, 0) is 38.0 Å². The minimum Gasteiger partial charge on any atom is -0.354 e. The summed E-state index contributed by atoms with van der Waals surface area (Å²) in [6.07, 6.45) is -2.57. The molecule has 24 heavy (non-hydrogen) atoms. The van der Waals surface area contributed by atoms with E-state index in [1.165, 1.54) is 0 Å². The normalized spacial score (nSPS) is 26.5. The topological polar surface area (TPSA) is 83.6 Å². The van der Waals surface area contributed by atoms with Gasteiger partial charge in [-0.25, -0.2) is 8.42 Å². The number of carbonyl (C=O) groups excluding carboxylic acids is 2. The maximum absolute atomic E-state index is 12.5. The summed E-state index contributed by atoms with van der Waals surface area (Å²) < 4.78 is 60.2. The quantitative estimate of drug-likeness (QED) is 0.728. The highest BCUT2D eigenvalue weighted by Gasteiger charge is 2.47. The molecular weight excluding hydrogens is 349 g/mol. The third-order valence-electron chi connectivity index (χ3n) is 4.47. The fourth-order valence-electron chi connectivity index (χ4n) is 3.27. The number of amides is 2. The van der Waals surface area contributed by atoms with Crippen molar-refractivity contribution >= 4 is 21.7 Å². The first kappa shape index (κ1) is 19.0. The van der Waals surface area contributed by atoms with Gasteiger partial charge in [0, 0.05) is 13.1 Å². The Kier molecular flexibility index (Phi) is 5.77. The minimum absolute atomic E-state index is 0.0731. The van der Waals surface area contributed by atoms with Gasteiger partial charge >= 0.3 is 12.1 Å². The van der Waals surface area contributed by atoms with Gasteiger partial charge in [0.2, 0.25) is 5.91 Å². The van der Waals surface area contributed by atoms with Crippen LogP contribution in [0.25, 0.3) is 0 Å². The molecule has 138 valence electrons. The van der Waals surface area contributed by atoms with E-state index < -0.39 is 33.9 Å². The predicted molar refractivity (Wildman–Crippen MR) is 79.8 cm³/mol. The first-order valence-electron chi connectivity index (χ1n) is 7.96. The summed E-state index contributed by atoms with van der Waals surface area (Å²) in [6.45, 7) is 0.191. The fourth-order valence-corrected chi connectivity index (χ4v) is 5.18. The second-order valence-electron chi connectivity index (χ2n) is 6.36. The van der Waals surface area contributed by atoms with Crippen LogP contribution in [-0.2, 0) is 19.4 Å². The predicted octanol–water partition coefficient (Wildman–Crippen LogP) is 0.871. The Balaban J connectivity index is 1.75. The number of sulfone groups is 1. The van der Waals surface area contributed by atoms with Crippen molar-refractivity contribution < 1.29 is 31.2 Å². The van der Waals surface area contributed by atoms with Crippen molar-refractivity contribution in [3.63, 3.8) is 0 Å². The lowest BCUT2D eigenvalue weighted by Gasteiger charge is -2.24. The van der Waals surface area contributed by atoms with Gasteiger partial charge < -0.3 is 10.2 Å². The molecule has 2 amide bonds. The maximum Gasteiger partial charge on any atom is 0.471 e. The largest absolute Gasteiger partial charge is 0.471 e. The Morgan fingerprint density at radius 2 is 1.92 bits per heavy atom. The molecular formula is C14H21F3N2O4S. The number of hydrogen-bond acceptors (Lipinski definition) is 4. The van der Waals surface area contributed by atoms with E-state index in [9.17, 15) is 31.2 Å². The zero-order valence-electron chi connectivity index (χ0n) is 13.1. The molecule has 2 unspecified atom stereocenters. The van der Waals surface area contributed by atoms with Gasteiger partial charge in [-0.2, -0.15) is 13.2 Å². The molecule has 2 rings (SSSR count). The van der Waals surface area contributed by atoms with Crippen LogP contribution in [0.5, 0.6) is 0 Å². The van der Waals surface area contributed by atoms with Crippen LogP contribution < -0.4 is 5.32 Å². The highest BCUT2D eigenvalue weighted by molar-refractivity contribution is 7.91. The summed E-state index contributed by atoms with van der Waals surface area (Å²) in [4.78, 5) is 23.9. The molecule has 2 aliphatic heterocycles. The van der Waals surface area contributed by atoms with Gasteiger partial charge in [0.15, 0.2) is 9.84 Å². The monoisotopic (exact) mass is 370 g/mol. The van der Waals surface area contributed by atoms with Crippen molar-refractivity contribution in [2.24, 2.45) is 5.92 Å². The molecule has 1 N–H and O–H groups in total. The van der Waals surface area contributed by atoms with E-state index in [-0.39, 0.29) is 36.9 Å². The molecule has 0 bridgehead atoms. The Morgan fingerprint density at radius 1 is 1.21 bits per heavy atom. The van der Waals surface area contributed by atoms with Crippen LogP contribution in [0.4, 0.5) is 13.2 Å². The number of likely N-dealkylation sites (tertiary alicyclic amines) is 1. The third kappa shape index (κ3) is 4.84. The second kappa shape index (κ2) is 7.28. The molecule has 10 heteroatoms. The average Bonchev–Trinajstić information content (AvgIpc) is 3.08. The van der Waals surface area contributed by atoms with E-state index in [2.05, 4.69) is 5.32 Å². The lowest BCUT2D eigenvalue weighted by molar-refractivity contribution is -0.186. The molecule has 2 heterocycles. The van der Waals surface area contributed by atoms with Crippen molar-refractivity contribution in [2.45, 2.75) is 44.3 Å². The van der Waals surface area contributed by atoms with Crippen LogP contribution in [0.3, 0.4) is 0 Å². The SMILES string of the molecule is O=C(NCCCC1CCS(=O)(=O)C1)C1CCCN1C(=O)C(F)(F)F. The molecule has 0 aromatic rings. The van der Waals surface area contributed by atoms with E-state index in [0.29, 0.717) is 30.6 Å². The molecule has 0 aromatic heterocycles. The average molecular weight is 370 g/mol. The molecule has 2 atom stereocenters. The van der Waals surface area contributed by atoms with Crippen LogP contribution in [0.2, 0.25) is 0 Å². The Hall–Kier alpha value is -1.32. The van der Waals surface area contributed by atoms with E-state index in [1.807, 2.05) is 0 Å². The Morgan fingerprint density at radius 3 is 2.50 bits per heavy atom. The van der Waals surface area contributed by atoms with Crippen LogP contribution in [0.1, 0.15) is 32.1 Å². The van der Waals surface area contributed by atoms with Gasteiger partial charge in [-0.15, -0.1) is 0 Å². The zero-order chi connectivity index (χ0) is 18.0. The van der Waals surface area contributed by atoms with Gasteiger partial charge in [0.25, 0.3) is 0 Å². The highest BCUT2D eigenvalue weighted by Crippen LogP contribution is 2.26. The molecule has 2 fully saturated rings. The maximum atomic E-state index is 12.5. The minimum atomic E-state index is -4.98. The molecule has 2 aliphatic rings. The second-order valence-corrected chi connectivity index (χ2v) is 8.59. The molecule has 0 saturated carbocycles. The van der Waals surface area contributed by atoms with Crippen LogP contribution in [-0.4, -0.2) is 61.9 Å². The Bertz CT molecular complexity index is 591. The van der Waals surface area contributed by atoms with E-state index in [4.69, 9.17) is 0 Å². The summed E-state index contributed by atoms with van der Waals surface area (Å²) in [7, 11) is -2.93. The van der Waals surface area contributed by atoms with E-state index in [0.717, 1.165) is 0 Å². The Labute approximate surface area is 138 Å². The molecule has 2 saturated heterocycles. The van der Waals surface area contributed by atoms with Crippen LogP contribution in [0.15, 0.2) is 0 Å². The number of hydrogen-bond donors (Lipinski definition) is 1. The van der Waals surface area contributed by atoms with E-state index in [1.54, 1.807) is 0 Å². The molecule has 6 nitrogen and oxygen atoms in total.